The molecule has 1 fully saturated rings. The van der Waals surface area contributed by atoms with Crippen LogP contribution >= 0.6 is 11.3 Å². The first-order valence-electron chi connectivity index (χ1n) is 7.12. The van der Waals surface area contributed by atoms with Crippen LogP contribution in [-0.2, 0) is 6.54 Å². The van der Waals surface area contributed by atoms with E-state index in [0.717, 1.165) is 35.8 Å². The maximum atomic E-state index is 11.1. The molecule has 2 heterocycles. The molecule has 0 saturated carbocycles. The number of aromatic carboxylic acids is 1. The molecule has 1 N–H and O–H groups in total. The topological polar surface area (TPSA) is 53.4 Å². The average Bonchev–Trinajstić information content (AvgIpc) is 3.08. The molecule has 5 heteroatoms. The maximum absolute atomic E-state index is 11.1. The van der Waals surface area contributed by atoms with Crippen molar-refractivity contribution in [2.45, 2.75) is 32.4 Å². The third-order valence-corrected chi connectivity index (χ3v) is 4.69. The molecule has 110 valence electrons. The quantitative estimate of drug-likeness (QED) is 0.939. The number of carboxylic acid groups (broad SMARTS) is 1. The summed E-state index contributed by atoms with van der Waals surface area (Å²) in [4.78, 5) is 18.1. The molecule has 4 nitrogen and oxygen atoms in total. The van der Waals surface area contributed by atoms with Crippen LogP contribution in [0, 0.1) is 6.92 Å². The molecule has 2 aromatic rings. The molecule has 0 aliphatic carbocycles. The lowest BCUT2D eigenvalue weighted by molar-refractivity contribution is 0.0696. The summed E-state index contributed by atoms with van der Waals surface area (Å²) < 4.78 is 0. The van der Waals surface area contributed by atoms with Gasteiger partial charge in [-0.2, -0.15) is 0 Å². The zero-order chi connectivity index (χ0) is 14.8. The number of carbonyl (C=O) groups is 1. The SMILES string of the molecule is Cc1nc(C2CCCN2Cc2cccc(C(=O)O)c2)cs1. The van der Waals surface area contributed by atoms with Crippen molar-refractivity contribution in [1.82, 2.24) is 9.88 Å². The highest BCUT2D eigenvalue weighted by Gasteiger charge is 2.27. The molecule has 1 aromatic heterocycles. The first kappa shape index (κ1) is 14.2. The van der Waals surface area contributed by atoms with Crippen molar-refractivity contribution < 1.29 is 9.90 Å². The first-order chi connectivity index (χ1) is 10.1. The van der Waals surface area contributed by atoms with Crippen molar-refractivity contribution >= 4 is 17.3 Å². The van der Waals surface area contributed by atoms with Gasteiger partial charge >= 0.3 is 5.97 Å². The second kappa shape index (κ2) is 5.95. The Morgan fingerprint density at radius 1 is 1.52 bits per heavy atom. The van der Waals surface area contributed by atoms with E-state index in [0.29, 0.717) is 11.6 Å². The summed E-state index contributed by atoms with van der Waals surface area (Å²) in [6.07, 6.45) is 2.29. The molecule has 1 saturated heterocycles. The largest absolute Gasteiger partial charge is 0.478 e. The van der Waals surface area contributed by atoms with Crippen LogP contribution in [0.2, 0.25) is 0 Å². The third kappa shape index (κ3) is 3.14. The Bertz CT molecular complexity index is 653. The average molecular weight is 302 g/mol. The summed E-state index contributed by atoms with van der Waals surface area (Å²) in [7, 11) is 0. The summed E-state index contributed by atoms with van der Waals surface area (Å²) in [5.41, 5.74) is 2.56. The van der Waals surface area contributed by atoms with E-state index in [9.17, 15) is 4.79 Å². The van der Waals surface area contributed by atoms with Crippen LogP contribution in [0.15, 0.2) is 29.6 Å². The predicted molar refractivity (Wildman–Crippen MR) is 82.6 cm³/mol. The van der Waals surface area contributed by atoms with Crippen LogP contribution in [-0.4, -0.2) is 27.5 Å². The van der Waals surface area contributed by atoms with Gasteiger partial charge in [0.15, 0.2) is 0 Å². The van der Waals surface area contributed by atoms with Crippen molar-refractivity contribution in [3.63, 3.8) is 0 Å². The molecule has 0 amide bonds. The van der Waals surface area contributed by atoms with Gasteiger partial charge in [-0.15, -0.1) is 11.3 Å². The van der Waals surface area contributed by atoms with Crippen LogP contribution in [0.4, 0.5) is 0 Å². The van der Waals surface area contributed by atoms with Crippen molar-refractivity contribution in [2.75, 3.05) is 6.54 Å². The monoisotopic (exact) mass is 302 g/mol. The fraction of sp³-hybridized carbons (Fsp3) is 0.375. The Labute approximate surface area is 128 Å². The summed E-state index contributed by atoms with van der Waals surface area (Å²) in [5, 5.41) is 12.3. The van der Waals surface area contributed by atoms with Crippen molar-refractivity contribution in [2.24, 2.45) is 0 Å². The minimum atomic E-state index is -0.870. The third-order valence-electron chi connectivity index (χ3n) is 3.90. The van der Waals surface area contributed by atoms with E-state index in [1.807, 2.05) is 19.1 Å². The summed E-state index contributed by atoms with van der Waals surface area (Å²) in [5.74, 6) is -0.870. The van der Waals surface area contributed by atoms with Gasteiger partial charge < -0.3 is 5.11 Å². The number of hydrogen-bond donors (Lipinski definition) is 1. The molecular formula is C16H18N2O2S. The van der Waals surface area contributed by atoms with E-state index in [1.54, 1.807) is 23.5 Å². The molecular weight excluding hydrogens is 284 g/mol. The second-order valence-electron chi connectivity index (χ2n) is 5.43. The predicted octanol–water partition coefficient (Wildman–Crippen LogP) is 3.49. The van der Waals surface area contributed by atoms with E-state index in [-0.39, 0.29) is 0 Å². The second-order valence-corrected chi connectivity index (χ2v) is 6.49. The van der Waals surface area contributed by atoms with Gasteiger partial charge in [0.1, 0.15) is 0 Å². The molecule has 1 aromatic carbocycles. The van der Waals surface area contributed by atoms with E-state index in [4.69, 9.17) is 5.11 Å². The number of benzene rings is 1. The van der Waals surface area contributed by atoms with Gasteiger partial charge in [0.2, 0.25) is 0 Å². The number of hydrogen-bond acceptors (Lipinski definition) is 4. The Balaban J connectivity index is 1.77. The lowest BCUT2D eigenvalue weighted by Gasteiger charge is -2.23. The number of nitrogens with zero attached hydrogens (tertiary/aromatic N) is 2. The van der Waals surface area contributed by atoms with Gasteiger partial charge in [0, 0.05) is 11.9 Å². The highest BCUT2D eigenvalue weighted by atomic mass is 32.1. The minimum absolute atomic E-state index is 0.354. The van der Waals surface area contributed by atoms with Crippen LogP contribution in [0.3, 0.4) is 0 Å². The van der Waals surface area contributed by atoms with Crippen molar-refractivity contribution in [3.05, 3.63) is 51.5 Å². The van der Waals surface area contributed by atoms with E-state index < -0.39 is 5.97 Å². The van der Waals surface area contributed by atoms with E-state index in [1.165, 1.54) is 6.42 Å². The number of aromatic nitrogens is 1. The van der Waals surface area contributed by atoms with E-state index >= 15 is 0 Å². The number of rotatable bonds is 4. The molecule has 1 unspecified atom stereocenters. The lowest BCUT2D eigenvalue weighted by Crippen LogP contribution is -2.23. The standard InChI is InChI=1S/C16H18N2O2S/c1-11-17-14(10-21-11)15-6-3-7-18(15)9-12-4-2-5-13(8-12)16(19)20/h2,4-5,8,10,15H,3,6-7,9H2,1H3,(H,19,20). The Morgan fingerprint density at radius 3 is 3.10 bits per heavy atom. The summed E-state index contributed by atoms with van der Waals surface area (Å²) in [6.45, 7) is 3.85. The first-order valence-corrected chi connectivity index (χ1v) is 8.00. The van der Waals surface area contributed by atoms with Gasteiger partial charge in [-0.3, -0.25) is 4.90 Å². The zero-order valence-corrected chi connectivity index (χ0v) is 12.8. The number of likely N-dealkylation sites (tertiary alicyclic amines) is 1. The Kier molecular flexibility index (Phi) is 4.03. The molecule has 3 rings (SSSR count). The van der Waals surface area contributed by atoms with Crippen molar-refractivity contribution in [3.8, 4) is 0 Å². The number of thiazole rings is 1. The molecule has 1 aliphatic rings. The molecule has 21 heavy (non-hydrogen) atoms. The number of aryl methyl sites for hydroxylation is 1. The molecule has 0 radical (unpaired) electrons. The van der Waals surface area contributed by atoms with E-state index in [2.05, 4.69) is 15.3 Å². The van der Waals surface area contributed by atoms with Gasteiger partial charge in [-0.25, -0.2) is 9.78 Å². The van der Waals surface area contributed by atoms with Crippen LogP contribution < -0.4 is 0 Å². The highest BCUT2D eigenvalue weighted by molar-refractivity contribution is 7.09. The lowest BCUT2D eigenvalue weighted by atomic mass is 10.1. The molecule has 1 aliphatic heterocycles. The smallest absolute Gasteiger partial charge is 0.335 e. The fourth-order valence-electron chi connectivity index (χ4n) is 2.92. The normalized spacial score (nSPS) is 19.0. The van der Waals surface area contributed by atoms with Gasteiger partial charge in [0.05, 0.1) is 22.3 Å². The summed E-state index contributed by atoms with van der Waals surface area (Å²) >= 11 is 1.69. The summed E-state index contributed by atoms with van der Waals surface area (Å²) in [6, 6.07) is 7.58. The fourth-order valence-corrected chi connectivity index (χ4v) is 3.58. The Morgan fingerprint density at radius 2 is 2.38 bits per heavy atom. The Hall–Kier alpha value is -1.72. The van der Waals surface area contributed by atoms with Gasteiger partial charge in [-0.05, 0) is 44.0 Å². The molecule has 0 bridgehead atoms. The van der Waals surface area contributed by atoms with Gasteiger partial charge in [0.25, 0.3) is 0 Å². The van der Waals surface area contributed by atoms with Crippen LogP contribution in [0.5, 0.6) is 0 Å². The van der Waals surface area contributed by atoms with Crippen LogP contribution in [0.1, 0.15) is 45.5 Å². The number of carboxylic acids is 1. The van der Waals surface area contributed by atoms with Gasteiger partial charge in [-0.1, -0.05) is 12.1 Å². The van der Waals surface area contributed by atoms with Crippen LogP contribution in [0.25, 0.3) is 0 Å². The maximum Gasteiger partial charge on any atom is 0.335 e. The zero-order valence-electron chi connectivity index (χ0n) is 12.0. The highest BCUT2D eigenvalue weighted by Crippen LogP contribution is 2.33. The molecule has 0 spiro atoms. The minimum Gasteiger partial charge on any atom is -0.478 e. The van der Waals surface area contributed by atoms with Crippen molar-refractivity contribution in [1.29, 1.82) is 0 Å². The molecule has 1 atom stereocenters.